The van der Waals surface area contributed by atoms with E-state index in [4.69, 9.17) is 10.2 Å². The van der Waals surface area contributed by atoms with Gasteiger partial charge in [0, 0.05) is 33.8 Å². The summed E-state index contributed by atoms with van der Waals surface area (Å²) < 4.78 is 0. The highest BCUT2D eigenvalue weighted by molar-refractivity contribution is 6.13. The number of benzene rings is 4. The molecule has 4 aromatic carbocycles. The monoisotopic (exact) mass is 537 g/mol. The molecular weight excluding hydrogens is 514 g/mol. The number of anilines is 3. The minimum atomic E-state index is -1.11. The molecule has 0 aliphatic heterocycles. The molecule has 3 amide bonds. The SMILES string of the molecule is Cc1ccc(NC(=O)c2cc(C(=O)Nc3ccc(C(=O)O)cc3)cc(C(=O)Nc3ccc(C(=O)O)cc3)c2)cc1. The van der Waals surface area contributed by atoms with Crippen molar-refractivity contribution in [1.29, 1.82) is 0 Å². The lowest BCUT2D eigenvalue weighted by atomic mass is 10.0. The molecule has 4 rings (SSSR count). The van der Waals surface area contributed by atoms with Crippen LogP contribution >= 0.6 is 0 Å². The van der Waals surface area contributed by atoms with Crippen LogP contribution in [-0.2, 0) is 0 Å². The Kier molecular flexibility index (Phi) is 8.00. The molecule has 0 radical (unpaired) electrons. The number of aryl methyl sites for hydroxylation is 1. The van der Waals surface area contributed by atoms with Crippen LogP contribution in [0.5, 0.6) is 0 Å². The second-order valence-electron chi connectivity index (χ2n) is 8.79. The van der Waals surface area contributed by atoms with Crippen LogP contribution in [0.4, 0.5) is 17.1 Å². The van der Waals surface area contributed by atoms with Gasteiger partial charge in [-0.25, -0.2) is 9.59 Å². The minimum Gasteiger partial charge on any atom is -0.478 e. The van der Waals surface area contributed by atoms with Crippen molar-refractivity contribution < 1.29 is 34.2 Å². The van der Waals surface area contributed by atoms with Gasteiger partial charge in [0.05, 0.1) is 11.1 Å². The quantitative estimate of drug-likeness (QED) is 0.208. The van der Waals surface area contributed by atoms with Crippen molar-refractivity contribution in [2.75, 3.05) is 16.0 Å². The molecule has 0 heterocycles. The summed E-state index contributed by atoms with van der Waals surface area (Å²) >= 11 is 0. The lowest BCUT2D eigenvalue weighted by Crippen LogP contribution is -2.19. The molecule has 4 aromatic rings. The van der Waals surface area contributed by atoms with Crippen LogP contribution in [-0.4, -0.2) is 39.9 Å². The Labute approximate surface area is 228 Å². The number of rotatable bonds is 8. The Morgan fingerprint density at radius 1 is 0.450 bits per heavy atom. The summed E-state index contributed by atoms with van der Waals surface area (Å²) in [6, 6.07) is 22.1. The molecule has 0 unspecified atom stereocenters. The number of carbonyl (C=O) groups is 5. The zero-order valence-corrected chi connectivity index (χ0v) is 21.1. The van der Waals surface area contributed by atoms with Crippen molar-refractivity contribution in [1.82, 2.24) is 0 Å². The van der Waals surface area contributed by atoms with Crippen LogP contribution in [0.25, 0.3) is 0 Å². The number of aromatic carboxylic acids is 2. The maximum atomic E-state index is 13.1. The number of carbonyl (C=O) groups excluding carboxylic acids is 3. The van der Waals surface area contributed by atoms with Crippen molar-refractivity contribution in [2.45, 2.75) is 6.92 Å². The molecule has 0 spiro atoms. The highest BCUT2D eigenvalue weighted by atomic mass is 16.4. The first-order valence-corrected chi connectivity index (χ1v) is 11.9. The Morgan fingerprint density at radius 2 is 0.725 bits per heavy atom. The van der Waals surface area contributed by atoms with E-state index in [1.165, 1.54) is 66.7 Å². The van der Waals surface area contributed by atoms with E-state index in [1.54, 1.807) is 12.1 Å². The van der Waals surface area contributed by atoms with Crippen molar-refractivity contribution in [2.24, 2.45) is 0 Å². The number of carboxylic acids is 2. The molecule has 10 heteroatoms. The van der Waals surface area contributed by atoms with E-state index in [1.807, 2.05) is 19.1 Å². The summed E-state index contributed by atoms with van der Waals surface area (Å²) in [5, 5.41) is 26.1. The number of amides is 3. The topological polar surface area (TPSA) is 162 Å². The predicted molar refractivity (Wildman–Crippen MR) is 148 cm³/mol. The average Bonchev–Trinajstić information content (AvgIpc) is 2.94. The van der Waals surface area contributed by atoms with Crippen LogP contribution in [0.2, 0.25) is 0 Å². The Bertz CT molecular complexity index is 1520. The summed E-state index contributed by atoms with van der Waals surface area (Å²) in [4.78, 5) is 61.5. The second kappa shape index (κ2) is 11.7. The lowest BCUT2D eigenvalue weighted by molar-refractivity contribution is 0.0686. The summed E-state index contributed by atoms with van der Waals surface area (Å²) in [7, 11) is 0. The standard InChI is InChI=1S/C30H23N3O7/c1-17-2-8-23(9-3-17)31-26(34)20-14-21(27(35)32-24-10-4-18(5-11-24)29(37)38)16-22(15-20)28(36)33-25-12-6-19(7-13-25)30(39)40/h2-16H,1H3,(H,31,34)(H,32,35)(H,33,36)(H,37,38)(H,39,40). The minimum absolute atomic E-state index is 0.00485. The van der Waals surface area contributed by atoms with Crippen LogP contribution < -0.4 is 16.0 Å². The first-order valence-electron chi connectivity index (χ1n) is 11.9. The smallest absolute Gasteiger partial charge is 0.335 e. The highest BCUT2D eigenvalue weighted by Gasteiger charge is 2.18. The number of nitrogens with one attached hydrogen (secondary N) is 3. The van der Waals surface area contributed by atoms with Crippen LogP contribution in [0.3, 0.4) is 0 Å². The van der Waals surface area contributed by atoms with Gasteiger partial charge in [-0.1, -0.05) is 17.7 Å². The van der Waals surface area contributed by atoms with Crippen molar-refractivity contribution in [3.8, 4) is 0 Å². The van der Waals surface area contributed by atoms with Crippen molar-refractivity contribution >= 4 is 46.7 Å². The molecule has 0 aliphatic carbocycles. The zero-order chi connectivity index (χ0) is 28.8. The molecule has 5 N–H and O–H groups in total. The van der Waals surface area contributed by atoms with E-state index in [0.717, 1.165) is 5.56 Å². The maximum absolute atomic E-state index is 13.1. The molecule has 0 fully saturated rings. The molecule has 0 aromatic heterocycles. The van der Waals surface area contributed by atoms with Crippen LogP contribution in [0.1, 0.15) is 57.4 Å². The molecule has 0 saturated carbocycles. The van der Waals surface area contributed by atoms with Gasteiger partial charge in [-0.2, -0.15) is 0 Å². The fraction of sp³-hybridized carbons (Fsp3) is 0.0333. The summed E-state index contributed by atoms with van der Waals surface area (Å²) in [6.45, 7) is 1.91. The Balaban J connectivity index is 1.63. The summed E-state index contributed by atoms with van der Waals surface area (Å²) in [5.74, 6) is -4.04. The van der Waals surface area contributed by atoms with Crippen molar-refractivity contribution in [3.05, 3.63) is 124 Å². The number of hydrogen-bond acceptors (Lipinski definition) is 5. The first kappa shape index (κ1) is 27.3. The third-order valence-corrected chi connectivity index (χ3v) is 5.81. The lowest BCUT2D eigenvalue weighted by Gasteiger charge is -2.12. The van der Waals surface area contributed by atoms with E-state index in [2.05, 4.69) is 16.0 Å². The Hall–Kier alpha value is -5.77. The number of hydrogen-bond donors (Lipinski definition) is 5. The third kappa shape index (κ3) is 6.75. The van der Waals surface area contributed by atoms with Crippen LogP contribution in [0, 0.1) is 6.92 Å². The van der Waals surface area contributed by atoms with Gasteiger partial charge in [0.2, 0.25) is 0 Å². The largest absolute Gasteiger partial charge is 0.478 e. The van der Waals surface area contributed by atoms with E-state index in [-0.39, 0.29) is 27.8 Å². The summed E-state index contributed by atoms with van der Waals surface area (Å²) in [6.07, 6.45) is 0. The predicted octanol–water partition coefficient (Wildman–Crippen LogP) is 5.15. The molecule has 0 bridgehead atoms. The van der Waals surface area contributed by atoms with Gasteiger partial charge in [0.15, 0.2) is 0 Å². The normalized spacial score (nSPS) is 10.3. The molecule has 10 nitrogen and oxygen atoms in total. The van der Waals surface area contributed by atoms with Gasteiger partial charge >= 0.3 is 11.9 Å². The fourth-order valence-corrected chi connectivity index (χ4v) is 3.66. The first-order chi connectivity index (χ1) is 19.1. The molecule has 40 heavy (non-hydrogen) atoms. The van der Waals surface area contributed by atoms with E-state index < -0.39 is 29.7 Å². The Morgan fingerprint density at radius 3 is 1.00 bits per heavy atom. The van der Waals surface area contributed by atoms with E-state index in [0.29, 0.717) is 17.1 Å². The second-order valence-corrected chi connectivity index (χ2v) is 8.79. The molecular formula is C30H23N3O7. The van der Waals surface area contributed by atoms with Crippen LogP contribution in [0.15, 0.2) is 91.0 Å². The zero-order valence-electron chi connectivity index (χ0n) is 21.1. The maximum Gasteiger partial charge on any atom is 0.335 e. The van der Waals surface area contributed by atoms with Gasteiger partial charge in [0.1, 0.15) is 0 Å². The average molecular weight is 538 g/mol. The van der Waals surface area contributed by atoms with Gasteiger partial charge in [-0.15, -0.1) is 0 Å². The molecule has 0 saturated heterocycles. The van der Waals surface area contributed by atoms with Gasteiger partial charge < -0.3 is 26.2 Å². The fourth-order valence-electron chi connectivity index (χ4n) is 3.66. The van der Waals surface area contributed by atoms with E-state index in [9.17, 15) is 24.0 Å². The highest BCUT2D eigenvalue weighted by Crippen LogP contribution is 2.19. The molecule has 0 atom stereocenters. The molecule has 0 aliphatic rings. The van der Waals surface area contributed by atoms with Gasteiger partial charge in [-0.3, -0.25) is 14.4 Å². The van der Waals surface area contributed by atoms with Gasteiger partial charge in [-0.05, 0) is 85.8 Å². The third-order valence-electron chi connectivity index (χ3n) is 5.81. The number of carboxylic acid groups (broad SMARTS) is 2. The molecule has 200 valence electrons. The summed E-state index contributed by atoms with van der Waals surface area (Å²) in [5.41, 5.74) is 2.29. The van der Waals surface area contributed by atoms with Gasteiger partial charge in [0.25, 0.3) is 17.7 Å². The van der Waals surface area contributed by atoms with Crippen molar-refractivity contribution in [3.63, 3.8) is 0 Å². The van der Waals surface area contributed by atoms with E-state index >= 15 is 0 Å².